The summed E-state index contributed by atoms with van der Waals surface area (Å²) >= 11 is 0. The number of rotatable bonds is 8. The minimum atomic E-state index is -0.622. The van der Waals surface area contributed by atoms with Crippen LogP contribution in [0.25, 0.3) is 0 Å². The quantitative estimate of drug-likeness (QED) is 0.217. The molecule has 0 unspecified atom stereocenters. The highest BCUT2D eigenvalue weighted by Crippen LogP contribution is 2.14. The Bertz CT molecular complexity index is 329. The number of nitrogens with two attached hydrogens (primary N) is 1. The molecule has 0 bridgehead atoms. The lowest BCUT2D eigenvalue weighted by Gasteiger charge is -2.24. The Hall–Kier alpha value is -0.790. The predicted octanol–water partition coefficient (Wildman–Crippen LogP) is 1.98. The van der Waals surface area contributed by atoms with Crippen molar-refractivity contribution in [2.75, 3.05) is 26.7 Å². The van der Waals surface area contributed by atoms with Crippen LogP contribution >= 0.6 is 24.0 Å². The van der Waals surface area contributed by atoms with Gasteiger partial charge in [0.2, 0.25) is 5.91 Å². The average molecular weight is 396 g/mol. The van der Waals surface area contributed by atoms with Gasteiger partial charge in [0.05, 0.1) is 12.0 Å². The van der Waals surface area contributed by atoms with Crippen LogP contribution in [0.4, 0.5) is 0 Å². The van der Waals surface area contributed by atoms with Gasteiger partial charge in [0.1, 0.15) is 0 Å². The summed E-state index contributed by atoms with van der Waals surface area (Å²) in [5.74, 6) is 0.474. The molecule has 0 radical (unpaired) electrons. The first kappa shape index (κ1) is 21.5. The second-order valence-electron chi connectivity index (χ2n) is 5.27. The van der Waals surface area contributed by atoms with E-state index in [-0.39, 0.29) is 29.9 Å². The smallest absolute Gasteiger partial charge is 0.224 e. The molecule has 20 heavy (non-hydrogen) atoms. The summed E-state index contributed by atoms with van der Waals surface area (Å²) in [6.07, 6.45) is 3.92. The van der Waals surface area contributed by atoms with E-state index in [0.29, 0.717) is 6.54 Å². The van der Waals surface area contributed by atoms with Crippen LogP contribution < -0.4 is 11.1 Å². The number of halogens is 1. The normalized spacial score (nSPS) is 11.5. The lowest BCUT2D eigenvalue weighted by atomic mass is 9.93. The van der Waals surface area contributed by atoms with Crippen LogP contribution in [-0.2, 0) is 4.79 Å². The Balaban J connectivity index is 0. The largest absolute Gasteiger partial charge is 0.369 e. The number of carbonyl (C=O) groups is 1. The molecular weight excluding hydrogens is 367 g/mol. The summed E-state index contributed by atoms with van der Waals surface area (Å²) in [5.41, 5.74) is 4.73. The van der Waals surface area contributed by atoms with Gasteiger partial charge < -0.3 is 16.0 Å². The molecule has 0 fully saturated rings. The van der Waals surface area contributed by atoms with Gasteiger partial charge in [0.15, 0.2) is 5.96 Å². The van der Waals surface area contributed by atoms with Gasteiger partial charge in [0.25, 0.3) is 0 Å². The molecule has 5 nitrogen and oxygen atoms in total. The fraction of sp³-hybridized carbons (Fsp3) is 0.714. The molecule has 1 amide bonds. The average Bonchev–Trinajstić information content (AvgIpc) is 2.34. The van der Waals surface area contributed by atoms with E-state index in [1.54, 1.807) is 13.8 Å². The number of unbranched alkanes of at least 4 members (excludes halogenated alkanes) is 1. The molecule has 0 spiro atoms. The molecule has 0 heterocycles. The van der Waals surface area contributed by atoms with Crippen molar-refractivity contribution in [1.82, 2.24) is 10.2 Å². The molecule has 3 N–H and O–H groups in total. The van der Waals surface area contributed by atoms with Crippen molar-refractivity contribution in [3.63, 3.8) is 0 Å². The molecule has 118 valence electrons. The van der Waals surface area contributed by atoms with E-state index in [4.69, 9.17) is 5.73 Å². The van der Waals surface area contributed by atoms with Crippen molar-refractivity contribution >= 4 is 35.8 Å². The number of guanidine groups is 1. The lowest BCUT2D eigenvalue weighted by Crippen LogP contribution is -2.41. The Morgan fingerprint density at radius 2 is 2.10 bits per heavy atom. The molecule has 6 heteroatoms. The third kappa shape index (κ3) is 8.39. The summed E-state index contributed by atoms with van der Waals surface area (Å²) in [6, 6.07) is 0. The molecule has 0 rings (SSSR count). The van der Waals surface area contributed by atoms with Gasteiger partial charge >= 0.3 is 0 Å². The first-order valence-electron chi connectivity index (χ1n) is 6.75. The maximum Gasteiger partial charge on any atom is 0.224 e. The Morgan fingerprint density at radius 1 is 1.50 bits per heavy atom. The Kier molecular flexibility index (Phi) is 11.8. The second-order valence-corrected chi connectivity index (χ2v) is 5.27. The maximum absolute atomic E-state index is 11.3. The number of nitrogens with zero attached hydrogens (tertiary/aromatic N) is 2. The van der Waals surface area contributed by atoms with Crippen molar-refractivity contribution < 1.29 is 4.79 Å². The van der Waals surface area contributed by atoms with Gasteiger partial charge in [-0.3, -0.25) is 9.79 Å². The van der Waals surface area contributed by atoms with E-state index in [9.17, 15) is 4.79 Å². The van der Waals surface area contributed by atoms with Crippen LogP contribution in [0.15, 0.2) is 17.6 Å². The molecule has 0 aliphatic rings. The Morgan fingerprint density at radius 3 is 2.55 bits per heavy atom. The minimum absolute atomic E-state index is 0. The van der Waals surface area contributed by atoms with Gasteiger partial charge in [-0.25, -0.2) is 0 Å². The van der Waals surface area contributed by atoms with Crippen molar-refractivity contribution in [2.24, 2.45) is 16.1 Å². The number of aliphatic imine (C=N–C) groups is 1. The van der Waals surface area contributed by atoms with Crippen molar-refractivity contribution in [1.29, 1.82) is 0 Å². The maximum atomic E-state index is 11.3. The highest BCUT2D eigenvalue weighted by atomic mass is 127. The molecule has 0 saturated carbocycles. The van der Waals surface area contributed by atoms with Gasteiger partial charge in [-0.05, 0) is 33.6 Å². The van der Waals surface area contributed by atoms with E-state index in [2.05, 4.69) is 21.8 Å². The van der Waals surface area contributed by atoms with Crippen molar-refractivity contribution in [3.05, 3.63) is 12.7 Å². The topological polar surface area (TPSA) is 70.7 Å². The Labute approximate surface area is 140 Å². The van der Waals surface area contributed by atoms with Gasteiger partial charge in [-0.1, -0.05) is 6.08 Å². The van der Waals surface area contributed by atoms with Crippen LogP contribution in [0.3, 0.4) is 0 Å². The van der Waals surface area contributed by atoms with Crippen molar-refractivity contribution in [3.8, 4) is 0 Å². The monoisotopic (exact) mass is 396 g/mol. The molecule has 0 aromatic carbocycles. The predicted molar refractivity (Wildman–Crippen MR) is 96.4 cm³/mol. The number of hydrogen-bond donors (Lipinski definition) is 2. The molecule has 0 aliphatic carbocycles. The molecule has 0 aromatic rings. The highest BCUT2D eigenvalue weighted by molar-refractivity contribution is 14.0. The highest BCUT2D eigenvalue weighted by Gasteiger charge is 2.24. The zero-order chi connectivity index (χ0) is 14.9. The van der Waals surface area contributed by atoms with E-state index in [1.165, 1.54) is 0 Å². The first-order chi connectivity index (χ1) is 8.85. The summed E-state index contributed by atoms with van der Waals surface area (Å²) in [7, 11) is 1.99. The number of carbonyl (C=O) groups excluding carboxylic acids is 1. The molecule has 0 aromatic heterocycles. The van der Waals surface area contributed by atoms with Crippen LogP contribution in [0.2, 0.25) is 0 Å². The number of allylic oxidation sites excluding steroid dienone is 1. The van der Waals surface area contributed by atoms with E-state index < -0.39 is 5.41 Å². The standard InChI is InChI=1S/C14H28N4O.HI/c1-6-8-9-10-18(5)13(16-7-2)17-11-14(3,4)12(15)19;/h6H,1,7-11H2,2-5H3,(H2,15,19)(H,16,17);1H. The van der Waals surface area contributed by atoms with Gasteiger partial charge in [-0.15, -0.1) is 30.6 Å². The zero-order valence-electron chi connectivity index (χ0n) is 13.1. The van der Waals surface area contributed by atoms with Gasteiger partial charge in [0, 0.05) is 20.1 Å². The number of primary amides is 1. The number of amides is 1. The minimum Gasteiger partial charge on any atom is -0.369 e. The van der Waals surface area contributed by atoms with Crippen molar-refractivity contribution in [2.45, 2.75) is 33.6 Å². The van der Waals surface area contributed by atoms with Crippen LogP contribution in [-0.4, -0.2) is 43.4 Å². The van der Waals surface area contributed by atoms with E-state index >= 15 is 0 Å². The molecule has 0 saturated heterocycles. The molecular formula is C14H29IN4O. The van der Waals surface area contributed by atoms with Crippen LogP contribution in [0.1, 0.15) is 33.6 Å². The summed E-state index contributed by atoms with van der Waals surface area (Å²) in [6.45, 7) is 11.4. The van der Waals surface area contributed by atoms with Crippen LogP contribution in [0, 0.1) is 5.41 Å². The van der Waals surface area contributed by atoms with Gasteiger partial charge in [-0.2, -0.15) is 0 Å². The SMILES string of the molecule is C=CCCCN(C)C(=NCC(C)(C)C(N)=O)NCC.I. The lowest BCUT2D eigenvalue weighted by molar-refractivity contribution is -0.125. The van der Waals surface area contributed by atoms with E-state index in [1.807, 2.05) is 20.0 Å². The summed E-state index contributed by atoms with van der Waals surface area (Å²) in [4.78, 5) is 17.8. The van der Waals surface area contributed by atoms with Crippen LogP contribution in [0.5, 0.6) is 0 Å². The fourth-order valence-electron chi connectivity index (χ4n) is 1.40. The third-order valence-corrected chi connectivity index (χ3v) is 2.89. The fourth-order valence-corrected chi connectivity index (χ4v) is 1.40. The molecule has 0 aliphatic heterocycles. The molecule has 0 atom stereocenters. The second kappa shape index (κ2) is 10.9. The number of hydrogen-bond acceptors (Lipinski definition) is 2. The summed E-state index contributed by atoms with van der Waals surface area (Å²) in [5, 5.41) is 3.22. The third-order valence-electron chi connectivity index (χ3n) is 2.89. The first-order valence-corrected chi connectivity index (χ1v) is 6.75. The summed E-state index contributed by atoms with van der Waals surface area (Å²) < 4.78 is 0. The number of nitrogens with one attached hydrogen (secondary N) is 1. The zero-order valence-corrected chi connectivity index (χ0v) is 15.4. The van der Waals surface area contributed by atoms with E-state index in [0.717, 1.165) is 31.9 Å².